The van der Waals surface area contributed by atoms with Crippen molar-refractivity contribution >= 4 is 12.6 Å². The third-order valence-electron chi connectivity index (χ3n) is 2.37. The number of H-pyrrole nitrogens is 1. The van der Waals surface area contributed by atoms with Crippen LogP contribution in [0.1, 0.15) is 17.7 Å². The van der Waals surface area contributed by atoms with Crippen LogP contribution in [-0.2, 0) is 0 Å². The maximum Gasteiger partial charge on any atom is 0.248 e. The summed E-state index contributed by atoms with van der Waals surface area (Å²) in [5.74, 6) is 0. The van der Waals surface area contributed by atoms with Crippen molar-refractivity contribution in [1.29, 1.82) is 0 Å². The fourth-order valence-electron chi connectivity index (χ4n) is 1.59. The zero-order chi connectivity index (χ0) is 11.5. The summed E-state index contributed by atoms with van der Waals surface area (Å²) in [4.78, 5) is 18.1. The first kappa shape index (κ1) is 11.0. The Morgan fingerprint density at radius 2 is 1.94 bits per heavy atom. The van der Waals surface area contributed by atoms with Crippen LogP contribution in [0.2, 0.25) is 0 Å². The van der Waals surface area contributed by atoms with Gasteiger partial charge in [-0.2, -0.15) is 12.6 Å². The largest absolute Gasteiger partial charge is 0.322 e. The Bertz CT molecular complexity index is 534. The molecule has 0 aromatic carbocycles. The van der Waals surface area contributed by atoms with Crippen molar-refractivity contribution < 1.29 is 0 Å². The van der Waals surface area contributed by atoms with Crippen LogP contribution in [0.5, 0.6) is 0 Å². The van der Waals surface area contributed by atoms with Crippen molar-refractivity contribution in [2.24, 2.45) is 0 Å². The van der Waals surface area contributed by atoms with Gasteiger partial charge in [0.05, 0.1) is 5.69 Å². The molecule has 82 valence electrons. The molecule has 1 N–H and O–H groups in total. The van der Waals surface area contributed by atoms with E-state index in [9.17, 15) is 4.79 Å². The number of rotatable bonds is 2. The van der Waals surface area contributed by atoms with E-state index in [4.69, 9.17) is 0 Å². The van der Waals surface area contributed by atoms with E-state index >= 15 is 0 Å². The lowest BCUT2D eigenvalue weighted by atomic mass is 10.1. The first-order valence-corrected chi connectivity index (χ1v) is 5.52. The topological polar surface area (TPSA) is 45.8 Å². The number of hydrogen-bond acceptors (Lipinski definition) is 3. The maximum atomic E-state index is 11.3. The molecule has 3 nitrogen and oxygen atoms in total. The van der Waals surface area contributed by atoms with Crippen molar-refractivity contribution in [3.05, 3.63) is 52.6 Å². The van der Waals surface area contributed by atoms with E-state index in [1.165, 1.54) is 6.07 Å². The molecule has 0 aliphatic carbocycles. The molecule has 2 heterocycles. The SMILES string of the molecule is CC(S)c1ccc(=O)[nH]c1-c1ccncc1. The number of pyridine rings is 2. The maximum absolute atomic E-state index is 11.3. The molecule has 2 aromatic heterocycles. The number of aromatic nitrogens is 2. The van der Waals surface area contributed by atoms with Gasteiger partial charge in [0, 0.05) is 29.3 Å². The summed E-state index contributed by atoms with van der Waals surface area (Å²) in [5, 5.41) is 0.0695. The van der Waals surface area contributed by atoms with Gasteiger partial charge < -0.3 is 4.98 Å². The van der Waals surface area contributed by atoms with E-state index in [0.717, 1.165) is 16.8 Å². The Labute approximate surface area is 99.0 Å². The van der Waals surface area contributed by atoms with Gasteiger partial charge in [-0.15, -0.1) is 0 Å². The van der Waals surface area contributed by atoms with Crippen molar-refractivity contribution in [2.75, 3.05) is 0 Å². The predicted molar refractivity (Wildman–Crippen MR) is 67.7 cm³/mol. The number of hydrogen-bond donors (Lipinski definition) is 2. The Morgan fingerprint density at radius 3 is 2.56 bits per heavy atom. The summed E-state index contributed by atoms with van der Waals surface area (Å²) in [6, 6.07) is 7.06. The third-order valence-corrected chi connectivity index (χ3v) is 2.65. The van der Waals surface area contributed by atoms with Gasteiger partial charge in [0.1, 0.15) is 0 Å². The Kier molecular flexibility index (Phi) is 3.10. The van der Waals surface area contributed by atoms with E-state index in [0.29, 0.717) is 0 Å². The van der Waals surface area contributed by atoms with Crippen molar-refractivity contribution in [2.45, 2.75) is 12.2 Å². The number of nitrogens with one attached hydrogen (secondary N) is 1. The van der Waals surface area contributed by atoms with Gasteiger partial charge in [0.15, 0.2) is 0 Å². The zero-order valence-corrected chi connectivity index (χ0v) is 9.74. The van der Waals surface area contributed by atoms with Crippen molar-refractivity contribution in [3.8, 4) is 11.3 Å². The molecule has 1 atom stereocenters. The monoisotopic (exact) mass is 232 g/mol. The standard InChI is InChI=1S/C12H12N2OS/c1-8(16)10-2-3-11(15)14-12(10)9-4-6-13-7-5-9/h2-8,16H,1H3,(H,14,15). The highest BCUT2D eigenvalue weighted by Gasteiger charge is 2.09. The predicted octanol–water partition coefficient (Wildman–Crippen LogP) is 2.43. The van der Waals surface area contributed by atoms with Crippen LogP contribution in [0.25, 0.3) is 11.3 Å². The fourth-order valence-corrected chi connectivity index (χ4v) is 1.81. The minimum atomic E-state index is -0.107. The van der Waals surface area contributed by atoms with Gasteiger partial charge in [0.25, 0.3) is 0 Å². The molecule has 1 unspecified atom stereocenters. The van der Waals surface area contributed by atoms with Crippen LogP contribution in [0.4, 0.5) is 0 Å². The number of aromatic amines is 1. The summed E-state index contributed by atoms with van der Waals surface area (Å²) in [6.07, 6.45) is 3.40. The van der Waals surface area contributed by atoms with E-state index in [1.807, 2.05) is 25.1 Å². The lowest BCUT2D eigenvalue weighted by Gasteiger charge is -2.11. The van der Waals surface area contributed by atoms with E-state index in [-0.39, 0.29) is 10.8 Å². The highest BCUT2D eigenvalue weighted by Crippen LogP contribution is 2.27. The molecule has 0 amide bonds. The molecule has 0 bridgehead atoms. The second-order valence-corrected chi connectivity index (χ2v) is 4.34. The minimum absolute atomic E-state index is 0.0695. The summed E-state index contributed by atoms with van der Waals surface area (Å²) in [6.45, 7) is 1.97. The molecule has 0 aliphatic rings. The van der Waals surface area contributed by atoms with Crippen LogP contribution in [0.3, 0.4) is 0 Å². The minimum Gasteiger partial charge on any atom is -0.322 e. The third kappa shape index (κ3) is 2.17. The molecule has 0 saturated carbocycles. The summed E-state index contributed by atoms with van der Waals surface area (Å²) in [5.41, 5.74) is 2.67. The lowest BCUT2D eigenvalue weighted by molar-refractivity contribution is 1.07. The second-order valence-electron chi connectivity index (χ2n) is 3.56. The van der Waals surface area contributed by atoms with Gasteiger partial charge >= 0.3 is 0 Å². The summed E-state index contributed by atoms with van der Waals surface area (Å²) < 4.78 is 0. The molecule has 0 radical (unpaired) electrons. The van der Waals surface area contributed by atoms with E-state index < -0.39 is 0 Å². The van der Waals surface area contributed by atoms with Gasteiger partial charge in [-0.3, -0.25) is 9.78 Å². The number of thiol groups is 1. The van der Waals surface area contributed by atoms with Crippen LogP contribution in [-0.4, -0.2) is 9.97 Å². The Hall–Kier alpha value is -1.55. The highest BCUT2D eigenvalue weighted by atomic mass is 32.1. The Balaban J connectivity index is 2.63. The quantitative estimate of drug-likeness (QED) is 0.781. The zero-order valence-electron chi connectivity index (χ0n) is 8.84. The van der Waals surface area contributed by atoms with Gasteiger partial charge in [-0.05, 0) is 24.6 Å². The molecule has 0 saturated heterocycles. The van der Waals surface area contributed by atoms with Crippen LogP contribution in [0, 0.1) is 0 Å². The molecule has 2 aromatic rings. The van der Waals surface area contributed by atoms with Crippen LogP contribution < -0.4 is 5.56 Å². The molecule has 4 heteroatoms. The molecule has 0 aliphatic heterocycles. The summed E-state index contributed by atoms with van der Waals surface area (Å²) in [7, 11) is 0. The van der Waals surface area contributed by atoms with Crippen molar-refractivity contribution in [3.63, 3.8) is 0 Å². The van der Waals surface area contributed by atoms with Crippen molar-refractivity contribution in [1.82, 2.24) is 9.97 Å². The van der Waals surface area contributed by atoms with E-state index in [2.05, 4.69) is 22.6 Å². The molecule has 16 heavy (non-hydrogen) atoms. The second kappa shape index (κ2) is 4.53. The van der Waals surface area contributed by atoms with Gasteiger partial charge in [-0.1, -0.05) is 6.07 Å². The molecular formula is C12H12N2OS. The van der Waals surface area contributed by atoms with Gasteiger partial charge in [-0.25, -0.2) is 0 Å². The average molecular weight is 232 g/mol. The highest BCUT2D eigenvalue weighted by molar-refractivity contribution is 7.80. The fraction of sp³-hybridized carbons (Fsp3) is 0.167. The lowest BCUT2D eigenvalue weighted by Crippen LogP contribution is -2.07. The smallest absolute Gasteiger partial charge is 0.248 e. The molecule has 0 fully saturated rings. The normalized spacial score (nSPS) is 12.4. The molecule has 2 rings (SSSR count). The molecule has 0 spiro atoms. The average Bonchev–Trinajstić information content (AvgIpc) is 2.29. The van der Waals surface area contributed by atoms with Crippen LogP contribution >= 0.6 is 12.6 Å². The van der Waals surface area contributed by atoms with Crippen LogP contribution in [0.15, 0.2) is 41.5 Å². The van der Waals surface area contributed by atoms with Gasteiger partial charge in [0.2, 0.25) is 5.56 Å². The number of nitrogens with zero attached hydrogens (tertiary/aromatic N) is 1. The van der Waals surface area contributed by atoms with E-state index in [1.54, 1.807) is 12.4 Å². The first-order valence-electron chi connectivity index (χ1n) is 5.00. The summed E-state index contributed by atoms with van der Waals surface area (Å²) >= 11 is 4.40. The first-order chi connectivity index (χ1) is 7.68. The molecular weight excluding hydrogens is 220 g/mol. The Morgan fingerprint density at radius 1 is 1.25 bits per heavy atom.